The van der Waals surface area contributed by atoms with Crippen molar-refractivity contribution in [1.82, 2.24) is 15.5 Å². The molecule has 4 heteroatoms. The van der Waals surface area contributed by atoms with Crippen LogP contribution in [0.3, 0.4) is 0 Å². The Hall–Kier alpha value is -0.610. The van der Waals surface area contributed by atoms with Gasteiger partial charge in [-0.25, -0.2) is 0 Å². The number of hydrogen-bond donors (Lipinski definition) is 2. The summed E-state index contributed by atoms with van der Waals surface area (Å²) < 4.78 is 0. The second kappa shape index (κ2) is 6.23. The Balaban J connectivity index is 1.93. The zero-order valence-corrected chi connectivity index (χ0v) is 12.8. The van der Waals surface area contributed by atoms with E-state index in [-0.39, 0.29) is 11.9 Å². The summed E-state index contributed by atoms with van der Waals surface area (Å²) in [5, 5.41) is 6.48. The van der Waals surface area contributed by atoms with Crippen LogP contribution < -0.4 is 10.6 Å². The highest BCUT2D eigenvalue weighted by Crippen LogP contribution is 2.37. The molecule has 19 heavy (non-hydrogen) atoms. The third-order valence-electron chi connectivity index (χ3n) is 4.71. The van der Waals surface area contributed by atoms with Crippen LogP contribution in [0, 0.1) is 5.92 Å². The lowest BCUT2D eigenvalue weighted by Crippen LogP contribution is -2.56. The second-order valence-corrected chi connectivity index (χ2v) is 6.60. The first-order valence-corrected chi connectivity index (χ1v) is 7.75. The van der Waals surface area contributed by atoms with E-state index in [4.69, 9.17) is 0 Å². The largest absolute Gasteiger partial charge is 0.354 e. The van der Waals surface area contributed by atoms with E-state index in [1.807, 2.05) is 0 Å². The molecule has 0 aromatic heterocycles. The molecule has 2 aliphatic rings. The number of carbonyl (C=O) groups is 1. The average Bonchev–Trinajstić information content (AvgIpc) is 2.65. The molecule has 0 aromatic carbocycles. The van der Waals surface area contributed by atoms with Gasteiger partial charge in [-0.05, 0) is 45.6 Å². The zero-order chi connectivity index (χ0) is 14.0. The lowest BCUT2D eigenvalue weighted by atomic mass is 9.95. The minimum atomic E-state index is 0.0223. The molecule has 0 saturated carbocycles. The van der Waals surface area contributed by atoms with Crippen LogP contribution in [0.25, 0.3) is 0 Å². The van der Waals surface area contributed by atoms with Gasteiger partial charge in [-0.3, -0.25) is 9.69 Å². The fourth-order valence-corrected chi connectivity index (χ4v) is 3.67. The Morgan fingerprint density at radius 1 is 1.21 bits per heavy atom. The summed E-state index contributed by atoms with van der Waals surface area (Å²) in [7, 11) is 2.05. The number of hydrogen-bond acceptors (Lipinski definition) is 3. The van der Waals surface area contributed by atoms with Gasteiger partial charge in [0.05, 0.1) is 6.04 Å². The number of nitrogens with zero attached hydrogens (tertiary/aromatic N) is 1. The van der Waals surface area contributed by atoms with Crippen LogP contribution in [0.5, 0.6) is 0 Å². The van der Waals surface area contributed by atoms with Crippen LogP contribution >= 0.6 is 0 Å². The SMILES string of the molecule is CNC1CC2CCC(C1)N2C(C)C(=O)NCC(C)C. The normalized spacial score (nSPS) is 32.6. The summed E-state index contributed by atoms with van der Waals surface area (Å²) in [6, 6.07) is 1.85. The molecular formula is C15H29N3O. The fourth-order valence-electron chi connectivity index (χ4n) is 3.67. The maximum atomic E-state index is 12.2. The predicted molar refractivity (Wildman–Crippen MR) is 78.0 cm³/mol. The summed E-state index contributed by atoms with van der Waals surface area (Å²) in [5.74, 6) is 0.719. The van der Waals surface area contributed by atoms with Crippen molar-refractivity contribution >= 4 is 5.91 Å². The minimum Gasteiger partial charge on any atom is -0.354 e. The van der Waals surface area contributed by atoms with Crippen molar-refractivity contribution in [1.29, 1.82) is 0 Å². The Bertz CT molecular complexity index is 305. The summed E-state index contributed by atoms with van der Waals surface area (Å²) in [6.45, 7) is 7.12. The lowest BCUT2D eigenvalue weighted by molar-refractivity contribution is -0.128. The van der Waals surface area contributed by atoms with Crippen LogP contribution in [-0.4, -0.2) is 48.6 Å². The van der Waals surface area contributed by atoms with E-state index in [2.05, 4.69) is 43.4 Å². The van der Waals surface area contributed by atoms with Crippen LogP contribution in [0.4, 0.5) is 0 Å². The Morgan fingerprint density at radius 3 is 2.26 bits per heavy atom. The molecule has 2 bridgehead atoms. The molecule has 110 valence electrons. The van der Waals surface area contributed by atoms with Gasteiger partial charge in [0.15, 0.2) is 0 Å². The molecule has 2 rings (SSSR count). The van der Waals surface area contributed by atoms with Gasteiger partial charge in [0.25, 0.3) is 0 Å². The maximum Gasteiger partial charge on any atom is 0.237 e. The van der Waals surface area contributed by atoms with E-state index in [1.54, 1.807) is 0 Å². The molecule has 1 amide bonds. The molecule has 2 saturated heterocycles. The van der Waals surface area contributed by atoms with Crippen molar-refractivity contribution < 1.29 is 4.79 Å². The molecule has 2 heterocycles. The highest BCUT2D eigenvalue weighted by molar-refractivity contribution is 5.81. The van der Waals surface area contributed by atoms with Crippen molar-refractivity contribution in [2.24, 2.45) is 5.92 Å². The first kappa shape index (κ1) is 14.8. The summed E-state index contributed by atoms with van der Waals surface area (Å²) in [5.41, 5.74) is 0. The number of nitrogens with one attached hydrogen (secondary N) is 2. The molecular weight excluding hydrogens is 238 g/mol. The van der Waals surface area contributed by atoms with Crippen molar-refractivity contribution in [3.05, 3.63) is 0 Å². The molecule has 0 aliphatic carbocycles. The van der Waals surface area contributed by atoms with E-state index in [0.29, 0.717) is 24.0 Å². The summed E-state index contributed by atoms with van der Waals surface area (Å²) in [4.78, 5) is 14.7. The molecule has 3 atom stereocenters. The van der Waals surface area contributed by atoms with E-state index in [9.17, 15) is 4.79 Å². The van der Waals surface area contributed by atoms with Gasteiger partial charge < -0.3 is 10.6 Å². The quantitative estimate of drug-likeness (QED) is 0.790. The van der Waals surface area contributed by atoms with Gasteiger partial charge >= 0.3 is 0 Å². The van der Waals surface area contributed by atoms with Crippen molar-refractivity contribution in [3.8, 4) is 0 Å². The third kappa shape index (κ3) is 3.29. The first-order chi connectivity index (χ1) is 9.02. The zero-order valence-electron chi connectivity index (χ0n) is 12.8. The lowest BCUT2D eigenvalue weighted by Gasteiger charge is -2.41. The molecule has 2 N–H and O–H groups in total. The van der Waals surface area contributed by atoms with Crippen LogP contribution in [-0.2, 0) is 4.79 Å². The minimum absolute atomic E-state index is 0.0223. The number of rotatable bonds is 5. The van der Waals surface area contributed by atoms with E-state index >= 15 is 0 Å². The predicted octanol–water partition coefficient (Wildman–Crippen LogP) is 1.36. The fraction of sp³-hybridized carbons (Fsp3) is 0.933. The number of fused-ring (bicyclic) bond motifs is 2. The Kier molecular flexibility index (Phi) is 4.85. The van der Waals surface area contributed by atoms with Gasteiger partial charge in [-0.15, -0.1) is 0 Å². The molecule has 0 aromatic rings. The standard InChI is InChI=1S/C15H29N3O/c1-10(2)9-17-15(19)11(3)18-13-5-6-14(18)8-12(7-13)16-4/h10-14,16H,5-9H2,1-4H3,(H,17,19). The number of amides is 1. The van der Waals surface area contributed by atoms with Crippen LogP contribution in [0.1, 0.15) is 46.5 Å². The number of carbonyl (C=O) groups excluding carboxylic acids is 1. The first-order valence-electron chi connectivity index (χ1n) is 7.75. The third-order valence-corrected chi connectivity index (χ3v) is 4.71. The maximum absolute atomic E-state index is 12.2. The molecule has 4 nitrogen and oxygen atoms in total. The van der Waals surface area contributed by atoms with E-state index in [0.717, 1.165) is 6.54 Å². The van der Waals surface area contributed by atoms with E-state index in [1.165, 1.54) is 25.7 Å². The van der Waals surface area contributed by atoms with Crippen LogP contribution in [0.15, 0.2) is 0 Å². The highest BCUT2D eigenvalue weighted by Gasteiger charge is 2.43. The average molecular weight is 267 g/mol. The van der Waals surface area contributed by atoms with Crippen LogP contribution in [0.2, 0.25) is 0 Å². The smallest absolute Gasteiger partial charge is 0.237 e. The molecule has 3 unspecified atom stereocenters. The summed E-state index contributed by atoms with van der Waals surface area (Å²) in [6.07, 6.45) is 4.89. The Morgan fingerprint density at radius 2 is 1.79 bits per heavy atom. The molecule has 0 spiro atoms. The van der Waals surface area contributed by atoms with Crippen molar-refractivity contribution in [2.75, 3.05) is 13.6 Å². The second-order valence-electron chi connectivity index (χ2n) is 6.60. The monoisotopic (exact) mass is 267 g/mol. The van der Waals surface area contributed by atoms with E-state index < -0.39 is 0 Å². The summed E-state index contributed by atoms with van der Waals surface area (Å²) >= 11 is 0. The van der Waals surface area contributed by atoms with Gasteiger partial charge in [-0.1, -0.05) is 13.8 Å². The molecule has 2 aliphatic heterocycles. The van der Waals surface area contributed by atoms with Gasteiger partial charge in [0.1, 0.15) is 0 Å². The molecule has 2 fully saturated rings. The van der Waals surface area contributed by atoms with Gasteiger partial charge in [0.2, 0.25) is 5.91 Å². The highest BCUT2D eigenvalue weighted by atomic mass is 16.2. The Labute approximate surface area is 117 Å². The number of piperidine rings is 1. The van der Waals surface area contributed by atoms with Crippen molar-refractivity contribution in [2.45, 2.75) is 70.6 Å². The molecule has 0 radical (unpaired) electrons. The topological polar surface area (TPSA) is 44.4 Å². The van der Waals surface area contributed by atoms with Gasteiger partial charge in [0, 0.05) is 24.7 Å². The van der Waals surface area contributed by atoms with Crippen molar-refractivity contribution in [3.63, 3.8) is 0 Å². The van der Waals surface area contributed by atoms with Gasteiger partial charge in [-0.2, -0.15) is 0 Å².